The SMILES string of the molecule is COc1cc(N(C)Cc2ccccn2)c(C(C)(C)CC=O)cc1C(C(C)=O)=C(C)N. The van der Waals surface area contributed by atoms with E-state index in [2.05, 4.69) is 9.88 Å². The summed E-state index contributed by atoms with van der Waals surface area (Å²) < 4.78 is 5.64. The number of anilines is 1. The number of ether oxygens (including phenoxy) is 1. The van der Waals surface area contributed by atoms with E-state index in [9.17, 15) is 9.59 Å². The van der Waals surface area contributed by atoms with Crippen LogP contribution in [0.2, 0.25) is 0 Å². The third kappa shape index (κ3) is 5.06. The minimum atomic E-state index is -0.457. The Balaban J connectivity index is 2.73. The van der Waals surface area contributed by atoms with Crippen LogP contribution in [0.15, 0.2) is 42.2 Å². The lowest BCUT2D eigenvalue weighted by atomic mass is 9.79. The quantitative estimate of drug-likeness (QED) is 0.500. The first-order valence-corrected chi connectivity index (χ1v) is 9.87. The number of pyridine rings is 1. The van der Waals surface area contributed by atoms with Crippen LogP contribution < -0.4 is 15.4 Å². The van der Waals surface area contributed by atoms with Crippen molar-refractivity contribution in [1.82, 2.24) is 4.98 Å². The highest BCUT2D eigenvalue weighted by atomic mass is 16.5. The Morgan fingerprint density at radius 3 is 2.47 bits per heavy atom. The summed E-state index contributed by atoms with van der Waals surface area (Å²) in [7, 11) is 3.54. The number of allylic oxidation sites excluding steroid dienone is 2. The second-order valence-corrected chi connectivity index (χ2v) is 8.12. The van der Waals surface area contributed by atoms with Crippen molar-refractivity contribution in [3.63, 3.8) is 0 Å². The first-order valence-electron chi connectivity index (χ1n) is 9.87. The van der Waals surface area contributed by atoms with Gasteiger partial charge in [-0.15, -0.1) is 0 Å². The second-order valence-electron chi connectivity index (χ2n) is 8.12. The highest BCUT2D eigenvalue weighted by Gasteiger charge is 2.28. The van der Waals surface area contributed by atoms with Crippen molar-refractivity contribution in [2.24, 2.45) is 5.73 Å². The molecule has 0 atom stereocenters. The summed E-state index contributed by atoms with van der Waals surface area (Å²) in [6.45, 7) is 7.80. The van der Waals surface area contributed by atoms with Crippen LogP contribution in [0.3, 0.4) is 0 Å². The average molecular weight is 410 g/mol. The molecule has 0 fully saturated rings. The van der Waals surface area contributed by atoms with E-state index in [1.54, 1.807) is 20.2 Å². The second kappa shape index (κ2) is 9.57. The number of hydrogen-bond donors (Lipinski definition) is 1. The number of hydrogen-bond acceptors (Lipinski definition) is 6. The number of ketones is 1. The molecule has 0 aliphatic rings. The third-order valence-corrected chi connectivity index (χ3v) is 5.19. The first-order chi connectivity index (χ1) is 14.1. The van der Waals surface area contributed by atoms with E-state index in [1.165, 1.54) is 6.92 Å². The molecule has 0 aliphatic heterocycles. The van der Waals surface area contributed by atoms with Gasteiger partial charge in [0.25, 0.3) is 0 Å². The van der Waals surface area contributed by atoms with Crippen LogP contribution in [0.4, 0.5) is 5.69 Å². The fourth-order valence-corrected chi connectivity index (χ4v) is 3.61. The van der Waals surface area contributed by atoms with Crippen molar-refractivity contribution in [2.45, 2.75) is 46.1 Å². The van der Waals surface area contributed by atoms with Gasteiger partial charge in [-0.05, 0) is 43.0 Å². The summed E-state index contributed by atoms with van der Waals surface area (Å²) in [6.07, 6.45) is 3.02. The number of carbonyl (C=O) groups excluding carboxylic acids is 2. The predicted molar refractivity (Wildman–Crippen MR) is 121 cm³/mol. The van der Waals surface area contributed by atoms with Gasteiger partial charge in [0, 0.05) is 48.3 Å². The Hall–Kier alpha value is -3.15. The van der Waals surface area contributed by atoms with E-state index in [-0.39, 0.29) is 5.78 Å². The van der Waals surface area contributed by atoms with Crippen LogP contribution in [0.25, 0.3) is 5.57 Å². The predicted octanol–water partition coefficient (Wildman–Crippen LogP) is 3.87. The third-order valence-electron chi connectivity index (χ3n) is 5.19. The molecule has 0 radical (unpaired) electrons. The molecule has 0 saturated carbocycles. The zero-order valence-corrected chi connectivity index (χ0v) is 18.7. The van der Waals surface area contributed by atoms with Gasteiger partial charge in [0.2, 0.25) is 0 Å². The van der Waals surface area contributed by atoms with E-state index in [0.717, 1.165) is 23.2 Å². The Labute approximate surface area is 178 Å². The molecule has 0 bridgehead atoms. The molecular formula is C24H31N3O3. The fraction of sp³-hybridized carbons (Fsp3) is 0.375. The molecule has 30 heavy (non-hydrogen) atoms. The number of aromatic nitrogens is 1. The maximum Gasteiger partial charge on any atom is 0.162 e. The highest BCUT2D eigenvalue weighted by Crippen LogP contribution is 2.41. The van der Waals surface area contributed by atoms with Crippen LogP contribution in [-0.4, -0.2) is 31.2 Å². The summed E-state index contributed by atoms with van der Waals surface area (Å²) in [4.78, 5) is 30.2. The van der Waals surface area contributed by atoms with Crippen molar-refractivity contribution >= 4 is 23.3 Å². The number of nitrogens with zero attached hydrogens (tertiary/aromatic N) is 2. The minimum Gasteiger partial charge on any atom is -0.496 e. The molecule has 0 amide bonds. The van der Waals surface area contributed by atoms with E-state index < -0.39 is 5.41 Å². The van der Waals surface area contributed by atoms with Gasteiger partial charge in [0.05, 0.1) is 19.3 Å². The van der Waals surface area contributed by atoms with Crippen LogP contribution in [0.1, 0.15) is 50.9 Å². The summed E-state index contributed by atoms with van der Waals surface area (Å²) in [5, 5.41) is 0. The smallest absolute Gasteiger partial charge is 0.162 e. The van der Waals surface area contributed by atoms with Gasteiger partial charge >= 0.3 is 0 Å². The molecule has 6 nitrogen and oxygen atoms in total. The van der Waals surface area contributed by atoms with Gasteiger partial charge in [0.15, 0.2) is 5.78 Å². The Bertz CT molecular complexity index is 946. The molecular weight excluding hydrogens is 378 g/mol. The molecule has 1 aromatic carbocycles. The molecule has 0 spiro atoms. The van der Waals surface area contributed by atoms with Crippen LogP contribution >= 0.6 is 0 Å². The van der Waals surface area contributed by atoms with E-state index in [0.29, 0.717) is 35.5 Å². The van der Waals surface area contributed by atoms with Gasteiger partial charge in [-0.2, -0.15) is 0 Å². The molecule has 1 aromatic heterocycles. The van der Waals surface area contributed by atoms with Gasteiger partial charge in [0.1, 0.15) is 12.0 Å². The van der Waals surface area contributed by atoms with Crippen molar-refractivity contribution in [3.8, 4) is 5.75 Å². The fourth-order valence-electron chi connectivity index (χ4n) is 3.61. The maximum atomic E-state index is 12.3. The summed E-state index contributed by atoms with van der Waals surface area (Å²) in [5.41, 5.74) is 9.83. The van der Waals surface area contributed by atoms with Gasteiger partial charge in [-0.25, -0.2) is 0 Å². The zero-order chi connectivity index (χ0) is 22.5. The van der Waals surface area contributed by atoms with Crippen molar-refractivity contribution in [2.75, 3.05) is 19.1 Å². The maximum absolute atomic E-state index is 12.3. The van der Waals surface area contributed by atoms with Gasteiger partial charge in [-0.3, -0.25) is 9.78 Å². The Morgan fingerprint density at radius 1 is 1.27 bits per heavy atom. The normalized spacial score (nSPS) is 12.2. The summed E-state index contributed by atoms with van der Waals surface area (Å²) >= 11 is 0. The molecule has 1 heterocycles. The van der Waals surface area contributed by atoms with E-state index >= 15 is 0 Å². The molecule has 2 aromatic rings. The monoisotopic (exact) mass is 409 g/mol. The summed E-state index contributed by atoms with van der Waals surface area (Å²) in [6, 6.07) is 9.63. The lowest BCUT2D eigenvalue weighted by Gasteiger charge is -2.32. The lowest BCUT2D eigenvalue weighted by Crippen LogP contribution is -2.26. The molecule has 2 N–H and O–H groups in total. The van der Waals surface area contributed by atoms with Crippen LogP contribution in [0.5, 0.6) is 5.75 Å². The number of methoxy groups -OCH3 is 1. The number of benzene rings is 1. The van der Waals surface area contributed by atoms with Crippen LogP contribution in [-0.2, 0) is 21.5 Å². The number of rotatable bonds is 9. The average Bonchev–Trinajstić information content (AvgIpc) is 2.67. The first kappa shape index (κ1) is 23.1. The molecule has 0 unspecified atom stereocenters. The molecule has 160 valence electrons. The number of carbonyl (C=O) groups is 2. The van der Waals surface area contributed by atoms with Crippen molar-refractivity contribution < 1.29 is 14.3 Å². The largest absolute Gasteiger partial charge is 0.496 e. The summed E-state index contributed by atoms with van der Waals surface area (Å²) in [5.74, 6) is 0.417. The van der Waals surface area contributed by atoms with Crippen molar-refractivity contribution in [1.29, 1.82) is 0 Å². The Kier molecular flexibility index (Phi) is 7.38. The highest BCUT2D eigenvalue weighted by molar-refractivity contribution is 6.21. The number of Topliss-reactive ketones (excluding diaryl/α,β-unsaturated/α-hetero) is 1. The number of nitrogens with two attached hydrogens (primary N) is 1. The minimum absolute atomic E-state index is 0.137. The zero-order valence-electron chi connectivity index (χ0n) is 18.7. The molecule has 0 saturated heterocycles. The molecule has 2 rings (SSSR count). The van der Waals surface area contributed by atoms with Gasteiger partial charge < -0.3 is 20.2 Å². The van der Waals surface area contributed by atoms with E-state index in [4.69, 9.17) is 10.5 Å². The standard InChI is InChI=1S/C24H31N3O3/c1-16(25)23(17(2)29)19-13-20(24(3,4)10-12-28)21(14-22(19)30-6)27(5)15-18-9-7-8-11-26-18/h7-9,11-14H,10,15,25H2,1-6H3. The molecule has 0 aliphatic carbocycles. The lowest BCUT2D eigenvalue weighted by molar-refractivity contribution is -0.112. The topological polar surface area (TPSA) is 85.5 Å². The van der Waals surface area contributed by atoms with E-state index in [1.807, 2.05) is 51.2 Å². The van der Waals surface area contributed by atoms with Crippen molar-refractivity contribution in [3.05, 3.63) is 59.0 Å². The van der Waals surface area contributed by atoms with Crippen LogP contribution in [0, 0.1) is 0 Å². The molecule has 6 heteroatoms. The Morgan fingerprint density at radius 2 is 1.97 bits per heavy atom. The number of aldehydes is 1. The van der Waals surface area contributed by atoms with Gasteiger partial charge in [-0.1, -0.05) is 19.9 Å².